The van der Waals surface area contributed by atoms with Crippen LogP contribution in [0.3, 0.4) is 0 Å². The van der Waals surface area contributed by atoms with Gasteiger partial charge in [-0.15, -0.1) is 0 Å². The van der Waals surface area contributed by atoms with Gasteiger partial charge in [-0.3, -0.25) is 4.79 Å². The second-order valence-corrected chi connectivity index (χ2v) is 5.33. The molecule has 18 heavy (non-hydrogen) atoms. The molecule has 2 N–H and O–H groups in total. The monoisotopic (exact) mass is 246 g/mol. The molecule has 1 aromatic carbocycles. The average molecular weight is 246 g/mol. The summed E-state index contributed by atoms with van der Waals surface area (Å²) in [5.41, 5.74) is 7.83. The summed E-state index contributed by atoms with van der Waals surface area (Å²) >= 11 is 0. The van der Waals surface area contributed by atoms with Gasteiger partial charge in [0.1, 0.15) is 0 Å². The van der Waals surface area contributed by atoms with Crippen molar-refractivity contribution in [2.24, 2.45) is 11.7 Å². The van der Waals surface area contributed by atoms with Crippen LogP contribution < -0.4 is 5.73 Å². The Morgan fingerprint density at radius 2 is 2.17 bits per heavy atom. The summed E-state index contributed by atoms with van der Waals surface area (Å²) in [5.74, 6) is 0.588. The molecule has 3 heteroatoms. The van der Waals surface area contributed by atoms with Crippen LogP contribution in [0.1, 0.15) is 35.7 Å². The minimum atomic E-state index is 0.151. The standard InChI is InChI=1S/C15H22N2O/c1-11-6-3-4-8-14(11)15(18)17-9-5-7-13(10-17)12(2)16/h3-4,6,8,12-13H,5,7,9-10,16H2,1-2H3/t12-,13+/m1/s1. The van der Waals surface area contributed by atoms with Gasteiger partial charge in [-0.05, 0) is 44.2 Å². The number of hydrogen-bond donors (Lipinski definition) is 1. The lowest BCUT2D eigenvalue weighted by Crippen LogP contribution is -2.45. The van der Waals surface area contributed by atoms with Crippen LogP contribution in [-0.4, -0.2) is 29.9 Å². The number of nitrogens with two attached hydrogens (primary N) is 1. The first kappa shape index (κ1) is 13.1. The fourth-order valence-electron chi connectivity index (χ4n) is 2.61. The van der Waals surface area contributed by atoms with Crippen LogP contribution in [-0.2, 0) is 0 Å². The van der Waals surface area contributed by atoms with Gasteiger partial charge in [0.25, 0.3) is 5.91 Å². The third kappa shape index (κ3) is 2.72. The number of hydrogen-bond acceptors (Lipinski definition) is 2. The number of piperidine rings is 1. The SMILES string of the molecule is Cc1ccccc1C(=O)N1CCC[C@H]([C@@H](C)N)C1. The molecule has 0 aromatic heterocycles. The van der Waals surface area contributed by atoms with Crippen molar-refractivity contribution in [1.29, 1.82) is 0 Å². The maximum Gasteiger partial charge on any atom is 0.254 e. The van der Waals surface area contributed by atoms with E-state index in [1.165, 1.54) is 0 Å². The zero-order valence-electron chi connectivity index (χ0n) is 11.2. The first-order valence-electron chi connectivity index (χ1n) is 6.70. The summed E-state index contributed by atoms with van der Waals surface area (Å²) in [7, 11) is 0. The predicted molar refractivity (Wildman–Crippen MR) is 73.5 cm³/mol. The minimum Gasteiger partial charge on any atom is -0.338 e. The summed E-state index contributed by atoms with van der Waals surface area (Å²) in [5, 5.41) is 0. The lowest BCUT2D eigenvalue weighted by atomic mass is 9.91. The highest BCUT2D eigenvalue weighted by Crippen LogP contribution is 2.21. The van der Waals surface area contributed by atoms with Crippen molar-refractivity contribution in [2.75, 3.05) is 13.1 Å². The van der Waals surface area contributed by atoms with Crippen LogP contribution in [0.25, 0.3) is 0 Å². The van der Waals surface area contributed by atoms with Gasteiger partial charge in [0.15, 0.2) is 0 Å². The summed E-state index contributed by atoms with van der Waals surface area (Å²) in [4.78, 5) is 14.4. The maximum absolute atomic E-state index is 12.5. The van der Waals surface area contributed by atoms with E-state index in [2.05, 4.69) is 0 Å². The molecule has 0 unspecified atom stereocenters. The number of aryl methyl sites for hydroxylation is 1. The second-order valence-electron chi connectivity index (χ2n) is 5.33. The molecule has 2 rings (SSSR count). The number of carbonyl (C=O) groups is 1. The molecule has 1 amide bonds. The number of carbonyl (C=O) groups excluding carboxylic acids is 1. The van der Waals surface area contributed by atoms with E-state index < -0.39 is 0 Å². The van der Waals surface area contributed by atoms with Gasteiger partial charge in [-0.25, -0.2) is 0 Å². The molecule has 1 aromatic rings. The van der Waals surface area contributed by atoms with E-state index in [4.69, 9.17) is 5.73 Å². The zero-order valence-corrected chi connectivity index (χ0v) is 11.2. The van der Waals surface area contributed by atoms with E-state index in [1.807, 2.05) is 43.0 Å². The Balaban J connectivity index is 2.12. The summed E-state index contributed by atoms with van der Waals surface area (Å²) in [6.07, 6.45) is 2.19. The van der Waals surface area contributed by atoms with Gasteiger partial charge in [-0.2, -0.15) is 0 Å². The molecule has 3 nitrogen and oxygen atoms in total. The zero-order chi connectivity index (χ0) is 13.1. The van der Waals surface area contributed by atoms with Crippen molar-refractivity contribution >= 4 is 5.91 Å². The topological polar surface area (TPSA) is 46.3 Å². The first-order chi connectivity index (χ1) is 8.59. The number of amides is 1. The highest BCUT2D eigenvalue weighted by Gasteiger charge is 2.26. The van der Waals surface area contributed by atoms with Crippen LogP contribution in [0.15, 0.2) is 24.3 Å². The van der Waals surface area contributed by atoms with E-state index in [0.29, 0.717) is 5.92 Å². The van der Waals surface area contributed by atoms with E-state index in [1.54, 1.807) is 0 Å². The molecule has 1 saturated heterocycles. The molecule has 0 saturated carbocycles. The Kier molecular flexibility index (Phi) is 4.02. The van der Waals surface area contributed by atoms with Crippen molar-refractivity contribution in [3.05, 3.63) is 35.4 Å². The summed E-state index contributed by atoms with van der Waals surface area (Å²) in [6, 6.07) is 7.95. The Bertz CT molecular complexity index is 428. The van der Waals surface area contributed by atoms with Gasteiger partial charge < -0.3 is 10.6 Å². The Morgan fingerprint density at radius 3 is 2.83 bits per heavy atom. The van der Waals surface area contributed by atoms with Gasteiger partial charge >= 0.3 is 0 Å². The molecule has 98 valence electrons. The van der Waals surface area contributed by atoms with Crippen molar-refractivity contribution in [1.82, 2.24) is 4.90 Å². The number of likely N-dealkylation sites (tertiary alicyclic amines) is 1. The lowest BCUT2D eigenvalue weighted by molar-refractivity contribution is 0.0660. The molecule has 0 aliphatic carbocycles. The normalized spacial score (nSPS) is 21.7. The molecule has 1 aliphatic rings. The molecule has 1 aliphatic heterocycles. The third-order valence-corrected chi connectivity index (χ3v) is 3.86. The van der Waals surface area contributed by atoms with Crippen molar-refractivity contribution in [2.45, 2.75) is 32.7 Å². The molecular formula is C15H22N2O. The van der Waals surface area contributed by atoms with E-state index in [0.717, 1.165) is 37.1 Å². The summed E-state index contributed by atoms with van der Waals surface area (Å²) in [6.45, 7) is 5.67. The molecule has 2 atom stereocenters. The molecule has 0 bridgehead atoms. The molecule has 1 fully saturated rings. The van der Waals surface area contributed by atoms with Crippen LogP contribution in [0.2, 0.25) is 0 Å². The lowest BCUT2D eigenvalue weighted by Gasteiger charge is -2.35. The van der Waals surface area contributed by atoms with Gasteiger partial charge in [-0.1, -0.05) is 18.2 Å². The third-order valence-electron chi connectivity index (χ3n) is 3.86. The Labute approximate surface area is 109 Å². The second kappa shape index (κ2) is 5.53. The van der Waals surface area contributed by atoms with Gasteiger partial charge in [0, 0.05) is 24.7 Å². The van der Waals surface area contributed by atoms with Gasteiger partial charge in [0.05, 0.1) is 0 Å². The number of nitrogens with zero attached hydrogens (tertiary/aromatic N) is 1. The van der Waals surface area contributed by atoms with Crippen molar-refractivity contribution in [3.8, 4) is 0 Å². The van der Waals surface area contributed by atoms with E-state index in [9.17, 15) is 4.79 Å². The molecule has 0 radical (unpaired) electrons. The highest BCUT2D eigenvalue weighted by molar-refractivity contribution is 5.95. The van der Waals surface area contributed by atoms with Gasteiger partial charge in [0.2, 0.25) is 0 Å². The maximum atomic E-state index is 12.5. The summed E-state index contributed by atoms with van der Waals surface area (Å²) < 4.78 is 0. The molecular weight excluding hydrogens is 224 g/mol. The first-order valence-corrected chi connectivity index (χ1v) is 6.70. The van der Waals surface area contributed by atoms with Crippen molar-refractivity contribution in [3.63, 3.8) is 0 Å². The number of benzene rings is 1. The fourth-order valence-corrected chi connectivity index (χ4v) is 2.61. The quantitative estimate of drug-likeness (QED) is 0.869. The van der Waals surface area contributed by atoms with E-state index >= 15 is 0 Å². The van der Waals surface area contributed by atoms with Crippen LogP contribution in [0.5, 0.6) is 0 Å². The number of rotatable bonds is 2. The highest BCUT2D eigenvalue weighted by atomic mass is 16.2. The van der Waals surface area contributed by atoms with Crippen molar-refractivity contribution < 1.29 is 4.79 Å². The van der Waals surface area contributed by atoms with Crippen LogP contribution >= 0.6 is 0 Å². The predicted octanol–water partition coefficient (Wildman–Crippen LogP) is 2.19. The molecule has 0 spiro atoms. The van der Waals surface area contributed by atoms with Crippen LogP contribution in [0, 0.1) is 12.8 Å². The average Bonchev–Trinajstić information content (AvgIpc) is 2.38. The smallest absolute Gasteiger partial charge is 0.254 e. The Hall–Kier alpha value is -1.35. The fraction of sp³-hybridized carbons (Fsp3) is 0.533. The molecule has 1 heterocycles. The minimum absolute atomic E-state index is 0.151. The van der Waals surface area contributed by atoms with Crippen LogP contribution in [0.4, 0.5) is 0 Å². The van der Waals surface area contributed by atoms with E-state index in [-0.39, 0.29) is 11.9 Å². The Morgan fingerprint density at radius 1 is 1.44 bits per heavy atom. The largest absolute Gasteiger partial charge is 0.338 e.